The zero-order valence-electron chi connectivity index (χ0n) is 17.4. The van der Waals surface area contributed by atoms with Crippen LogP contribution in [0.25, 0.3) is 22.2 Å². The molecule has 3 N–H and O–H groups in total. The number of anilines is 1. The van der Waals surface area contributed by atoms with Gasteiger partial charge in [0.05, 0.1) is 16.1 Å². The second-order valence-corrected chi connectivity index (χ2v) is 8.61. The number of aliphatic imine (C=N–C) groups is 1. The van der Waals surface area contributed by atoms with Crippen molar-refractivity contribution in [2.45, 2.75) is 18.6 Å². The number of ketones is 1. The fourth-order valence-electron chi connectivity index (χ4n) is 3.24. The second kappa shape index (κ2) is 9.78. The van der Waals surface area contributed by atoms with Gasteiger partial charge in [0.1, 0.15) is 0 Å². The number of thiophene rings is 1. The van der Waals surface area contributed by atoms with Crippen molar-refractivity contribution in [1.29, 1.82) is 0 Å². The van der Waals surface area contributed by atoms with E-state index in [4.69, 9.17) is 17.3 Å². The van der Waals surface area contributed by atoms with Crippen LogP contribution in [0.3, 0.4) is 0 Å². The highest BCUT2D eigenvalue weighted by Gasteiger charge is 2.41. The molecule has 34 heavy (non-hydrogen) atoms. The van der Waals surface area contributed by atoms with Gasteiger partial charge in [-0.25, -0.2) is 15.0 Å². The molecule has 11 heteroatoms. The van der Waals surface area contributed by atoms with Crippen molar-refractivity contribution in [3.63, 3.8) is 0 Å². The number of nitrogens with zero attached hydrogens (tertiary/aromatic N) is 3. The third-order valence-corrected chi connectivity index (χ3v) is 5.94. The molecule has 2 aromatic heterocycles. The second-order valence-electron chi connectivity index (χ2n) is 7.22. The molecular formula is C23H17ClF3N5OS. The fraction of sp³-hybridized carbons (Fsp3) is 0.130. The largest absolute Gasteiger partial charge is 0.411 e. The Hall–Kier alpha value is -3.50. The average molecular weight is 504 g/mol. The Balaban J connectivity index is 1.66. The molecule has 4 aromatic rings. The van der Waals surface area contributed by atoms with Gasteiger partial charge in [0.15, 0.2) is 17.8 Å². The Kier molecular flexibility index (Phi) is 6.80. The number of hydrogen-bond donors (Lipinski definition) is 2. The lowest BCUT2D eigenvalue weighted by Gasteiger charge is -2.17. The Labute approximate surface area is 201 Å². The SMILES string of the molecule is NC(=N[C@@H](CC(=O)c1cccs1)C(F)(F)F)Nc1nc(-c2ccccc2)c2cc(Cl)ccc2n1. The van der Waals surface area contributed by atoms with Gasteiger partial charge < -0.3 is 5.73 Å². The molecule has 0 aliphatic heterocycles. The highest BCUT2D eigenvalue weighted by Crippen LogP contribution is 2.30. The molecule has 4 rings (SSSR count). The summed E-state index contributed by atoms with van der Waals surface area (Å²) < 4.78 is 40.7. The number of alkyl halides is 3. The van der Waals surface area contributed by atoms with Gasteiger partial charge in [0.2, 0.25) is 5.95 Å². The molecule has 174 valence electrons. The number of carbonyl (C=O) groups excluding carboxylic acids is 1. The Bertz CT molecular complexity index is 1340. The van der Waals surface area contributed by atoms with Crippen molar-refractivity contribution in [1.82, 2.24) is 9.97 Å². The lowest BCUT2D eigenvalue weighted by Crippen LogP contribution is -2.34. The molecule has 0 radical (unpaired) electrons. The predicted octanol–water partition coefficient (Wildman–Crippen LogP) is 5.94. The van der Waals surface area contributed by atoms with Crippen LogP contribution >= 0.6 is 22.9 Å². The molecule has 0 aliphatic carbocycles. The summed E-state index contributed by atoms with van der Waals surface area (Å²) in [7, 11) is 0. The van der Waals surface area contributed by atoms with Crippen LogP contribution in [-0.4, -0.2) is 33.9 Å². The van der Waals surface area contributed by atoms with Gasteiger partial charge in [0, 0.05) is 22.4 Å². The van der Waals surface area contributed by atoms with E-state index in [1.54, 1.807) is 29.6 Å². The van der Waals surface area contributed by atoms with Gasteiger partial charge in [-0.1, -0.05) is 48.0 Å². The third-order valence-electron chi connectivity index (χ3n) is 4.79. The smallest absolute Gasteiger partial charge is 0.370 e. The summed E-state index contributed by atoms with van der Waals surface area (Å²) in [6, 6.07) is 14.9. The van der Waals surface area contributed by atoms with E-state index in [1.165, 1.54) is 6.07 Å². The molecule has 0 amide bonds. The van der Waals surface area contributed by atoms with Crippen molar-refractivity contribution in [3.8, 4) is 11.3 Å². The summed E-state index contributed by atoms with van der Waals surface area (Å²) in [5, 5.41) is 5.29. The van der Waals surface area contributed by atoms with Crippen LogP contribution in [0.1, 0.15) is 16.1 Å². The molecular weight excluding hydrogens is 487 g/mol. The summed E-state index contributed by atoms with van der Waals surface area (Å²) in [5.74, 6) is -1.27. The molecule has 2 aromatic carbocycles. The first-order valence-corrected chi connectivity index (χ1v) is 11.2. The summed E-state index contributed by atoms with van der Waals surface area (Å²) in [6.45, 7) is 0. The van der Waals surface area contributed by atoms with Gasteiger partial charge >= 0.3 is 6.18 Å². The Morgan fingerprint density at radius 2 is 1.88 bits per heavy atom. The van der Waals surface area contributed by atoms with Crippen LogP contribution < -0.4 is 11.1 Å². The minimum absolute atomic E-state index is 0.0413. The first-order chi connectivity index (χ1) is 16.2. The summed E-state index contributed by atoms with van der Waals surface area (Å²) in [5.41, 5.74) is 7.56. The van der Waals surface area contributed by atoms with E-state index in [2.05, 4.69) is 20.3 Å². The van der Waals surface area contributed by atoms with Gasteiger partial charge in [-0.05, 0) is 29.6 Å². The molecule has 0 saturated carbocycles. The van der Waals surface area contributed by atoms with Gasteiger partial charge in [-0.2, -0.15) is 13.2 Å². The van der Waals surface area contributed by atoms with E-state index in [9.17, 15) is 18.0 Å². The molecule has 0 bridgehead atoms. The minimum Gasteiger partial charge on any atom is -0.370 e. The highest BCUT2D eigenvalue weighted by molar-refractivity contribution is 7.12. The lowest BCUT2D eigenvalue weighted by molar-refractivity contribution is -0.146. The number of rotatable bonds is 6. The standard InChI is InChI=1S/C23H17ClF3N5OS/c24-14-8-9-16-15(11-14)20(13-5-2-1-3-6-13)31-22(29-16)32-21(28)30-19(23(25,26)27)12-17(33)18-7-4-10-34-18/h1-11,19H,12H2,(H3,28,29,30,31,32)/t19-/m0/s1. The van der Waals surface area contributed by atoms with Crippen molar-refractivity contribution in [3.05, 3.63) is 75.9 Å². The monoisotopic (exact) mass is 503 g/mol. The number of halogens is 4. The maximum absolute atomic E-state index is 13.6. The van der Waals surface area contributed by atoms with Crippen molar-refractivity contribution >= 4 is 51.5 Å². The zero-order chi connectivity index (χ0) is 24.3. The van der Waals surface area contributed by atoms with Gasteiger partial charge in [-0.15, -0.1) is 11.3 Å². The number of aromatic nitrogens is 2. The topological polar surface area (TPSA) is 93.3 Å². The fourth-order valence-corrected chi connectivity index (χ4v) is 4.08. The van der Waals surface area contributed by atoms with Crippen LogP contribution in [0.5, 0.6) is 0 Å². The van der Waals surface area contributed by atoms with Crippen molar-refractivity contribution < 1.29 is 18.0 Å². The van der Waals surface area contributed by atoms with Gasteiger partial charge in [-0.3, -0.25) is 10.1 Å². The highest BCUT2D eigenvalue weighted by atomic mass is 35.5. The number of carbonyl (C=O) groups is 1. The Morgan fingerprint density at radius 3 is 2.56 bits per heavy atom. The molecule has 6 nitrogen and oxygen atoms in total. The van der Waals surface area contributed by atoms with E-state index in [-0.39, 0.29) is 10.8 Å². The minimum atomic E-state index is -4.77. The van der Waals surface area contributed by atoms with E-state index >= 15 is 0 Å². The molecule has 0 spiro atoms. The van der Waals surface area contributed by atoms with Crippen LogP contribution in [0.15, 0.2) is 71.0 Å². The number of nitrogens with one attached hydrogen (secondary N) is 1. The van der Waals surface area contributed by atoms with Crippen molar-refractivity contribution in [2.24, 2.45) is 10.7 Å². The Morgan fingerprint density at radius 1 is 1.12 bits per heavy atom. The number of hydrogen-bond acceptors (Lipinski definition) is 5. The molecule has 0 fully saturated rings. The van der Waals surface area contributed by atoms with E-state index in [0.717, 1.165) is 16.9 Å². The van der Waals surface area contributed by atoms with E-state index in [0.29, 0.717) is 21.6 Å². The normalized spacial score (nSPS) is 13.1. The van der Waals surface area contributed by atoms with Gasteiger partial charge in [0.25, 0.3) is 0 Å². The first-order valence-electron chi connectivity index (χ1n) is 9.97. The number of fused-ring (bicyclic) bond motifs is 1. The predicted molar refractivity (Wildman–Crippen MR) is 128 cm³/mol. The molecule has 2 heterocycles. The van der Waals surface area contributed by atoms with Crippen LogP contribution in [-0.2, 0) is 0 Å². The average Bonchev–Trinajstić information content (AvgIpc) is 3.33. The zero-order valence-corrected chi connectivity index (χ0v) is 19.0. The van der Waals surface area contributed by atoms with Crippen LogP contribution in [0.2, 0.25) is 5.02 Å². The number of guanidine groups is 1. The third kappa shape index (κ3) is 5.52. The molecule has 1 atom stereocenters. The summed E-state index contributed by atoms with van der Waals surface area (Å²) in [6.07, 6.45) is -5.63. The summed E-state index contributed by atoms with van der Waals surface area (Å²) >= 11 is 7.20. The molecule has 0 unspecified atom stereocenters. The van der Waals surface area contributed by atoms with E-state index in [1.807, 2.05) is 30.3 Å². The first kappa shape index (κ1) is 23.7. The molecule has 0 aliphatic rings. The maximum atomic E-state index is 13.6. The number of benzene rings is 2. The van der Waals surface area contributed by atoms with Crippen LogP contribution in [0.4, 0.5) is 19.1 Å². The lowest BCUT2D eigenvalue weighted by atomic mass is 10.1. The number of nitrogens with two attached hydrogens (primary N) is 1. The quantitative estimate of drug-likeness (QED) is 0.193. The van der Waals surface area contributed by atoms with E-state index < -0.39 is 30.4 Å². The maximum Gasteiger partial charge on any atom is 0.411 e. The summed E-state index contributed by atoms with van der Waals surface area (Å²) in [4.78, 5) is 24.7. The van der Waals surface area contributed by atoms with Crippen molar-refractivity contribution in [2.75, 3.05) is 5.32 Å². The number of Topliss-reactive ketones (excluding diaryl/α,β-unsaturated/α-hetero) is 1. The van der Waals surface area contributed by atoms with Crippen LogP contribution in [0, 0.1) is 0 Å². The molecule has 0 saturated heterocycles.